The van der Waals surface area contributed by atoms with Crippen LogP contribution in [0.15, 0.2) is 46.0 Å². The SMILES string of the molecule is COC(=O)Nc1ccc(NC(=O)C2CCN(S(=O)(=O)c3cccs3)CC2)cc1. The second-order valence-electron chi connectivity index (χ2n) is 6.29. The van der Waals surface area contributed by atoms with Crippen LogP contribution in [0, 0.1) is 5.92 Å². The minimum absolute atomic E-state index is 0.137. The molecule has 1 saturated heterocycles. The Bertz CT molecular complexity index is 919. The van der Waals surface area contributed by atoms with E-state index in [-0.39, 0.29) is 11.8 Å². The van der Waals surface area contributed by atoms with Gasteiger partial charge in [-0.1, -0.05) is 6.07 Å². The van der Waals surface area contributed by atoms with E-state index in [2.05, 4.69) is 15.4 Å². The predicted octanol–water partition coefficient (Wildman–Crippen LogP) is 2.97. The highest BCUT2D eigenvalue weighted by molar-refractivity contribution is 7.91. The number of amides is 2. The number of benzene rings is 1. The van der Waals surface area contributed by atoms with Crippen molar-refractivity contribution in [3.63, 3.8) is 0 Å². The van der Waals surface area contributed by atoms with Gasteiger partial charge in [-0.15, -0.1) is 11.3 Å². The zero-order valence-electron chi connectivity index (χ0n) is 15.3. The molecule has 0 unspecified atom stereocenters. The van der Waals surface area contributed by atoms with Gasteiger partial charge in [0.05, 0.1) is 7.11 Å². The van der Waals surface area contributed by atoms with E-state index in [1.54, 1.807) is 41.8 Å². The lowest BCUT2D eigenvalue weighted by Gasteiger charge is -2.30. The van der Waals surface area contributed by atoms with Crippen molar-refractivity contribution >= 4 is 44.7 Å². The summed E-state index contributed by atoms with van der Waals surface area (Å²) in [5, 5.41) is 7.10. The average molecular weight is 424 g/mol. The summed E-state index contributed by atoms with van der Waals surface area (Å²) in [6, 6.07) is 9.98. The number of hydrogen-bond donors (Lipinski definition) is 2. The van der Waals surface area contributed by atoms with Crippen LogP contribution in [0.5, 0.6) is 0 Å². The third-order valence-electron chi connectivity index (χ3n) is 4.50. The highest BCUT2D eigenvalue weighted by Crippen LogP contribution is 2.27. The fraction of sp³-hybridized carbons (Fsp3) is 0.333. The number of thiophene rings is 1. The third kappa shape index (κ3) is 4.70. The Hall–Kier alpha value is -2.43. The molecule has 1 aromatic heterocycles. The first-order chi connectivity index (χ1) is 13.4. The van der Waals surface area contributed by atoms with Crippen LogP contribution in [-0.2, 0) is 19.6 Å². The molecule has 150 valence electrons. The van der Waals surface area contributed by atoms with E-state index in [1.807, 2.05) is 0 Å². The number of piperidine rings is 1. The standard InChI is InChI=1S/C18H21N3O5S2/c1-26-18(23)20-15-6-4-14(5-7-15)19-17(22)13-8-10-21(11-9-13)28(24,25)16-3-2-12-27-16/h2-7,12-13H,8-11H2,1H3,(H,19,22)(H,20,23). The zero-order chi connectivity index (χ0) is 20.1. The quantitative estimate of drug-likeness (QED) is 0.769. The first-order valence-electron chi connectivity index (χ1n) is 8.69. The molecular formula is C18H21N3O5S2. The predicted molar refractivity (Wildman–Crippen MR) is 107 cm³/mol. The molecule has 8 nitrogen and oxygen atoms in total. The number of carbonyl (C=O) groups is 2. The molecule has 1 aliphatic heterocycles. The molecular weight excluding hydrogens is 402 g/mol. The van der Waals surface area contributed by atoms with Gasteiger partial charge < -0.3 is 10.1 Å². The molecule has 2 heterocycles. The van der Waals surface area contributed by atoms with Crippen molar-refractivity contribution in [2.24, 2.45) is 5.92 Å². The summed E-state index contributed by atoms with van der Waals surface area (Å²) in [5.41, 5.74) is 1.16. The normalized spacial score (nSPS) is 15.8. The number of sulfonamides is 1. The summed E-state index contributed by atoms with van der Waals surface area (Å²) < 4.78 is 31.4. The van der Waals surface area contributed by atoms with Crippen LogP contribution in [0.25, 0.3) is 0 Å². The van der Waals surface area contributed by atoms with Crippen LogP contribution >= 0.6 is 11.3 Å². The van der Waals surface area contributed by atoms with Gasteiger partial charge in [0.1, 0.15) is 4.21 Å². The van der Waals surface area contributed by atoms with E-state index in [9.17, 15) is 18.0 Å². The molecule has 0 bridgehead atoms. The highest BCUT2D eigenvalue weighted by atomic mass is 32.2. The number of ether oxygens (including phenoxy) is 1. The van der Waals surface area contributed by atoms with Gasteiger partial charge >= 0.3 is 6.09 Å². The highest BCUT2D eigenvalue weighted by Gasteiger charge is 2.32. The summed E-state index contributed by atoms with van der Waals surface area (Å²) in [7, 11) is -2.19. The third-order valence-corrected chi connectivity index (χ3v) is 7.77. The van der Waals surface area contributed by atoms with Gasteiger partial charge in [-0.05, 0) is 48.6 Å². The fourth-order valence-electron chi connectivity index (χ4n) is 2.95. The Labute approximate surface area is 167 Å². The van der Waals surface area contributed by atoms with Crippen molar-refractivity contribution in [1.29, 1.82) is 0 Å². The van der Waals surface area contributed by atoms with Gasteiger partial charge in [-0.3, -0.25) is 10.1 Å². The molecule has 2 amide bonds. The molecule has 1 fully saturated rings. The van der Waals surface area contributed by atoms with Crippen LogP contribution in [0.1, 0.15) is 12.8 Å². The molecule has 2 aromatic rings. The Morgan fingerprint density at radius 2 is 1.68 bits per heavy atom. The smallest absolute Gasteiger partial charge is 0.411 e. The largest absolute Gasteiger partial charge is 0.453 e. The Balaban J connectivity index is 1.53. The number of rotatable bonds is 5. The summed E-state index contributed by atoms with van der Waals surface area (Å²) in [5.74, 6) is -0.385. The molecule has 10 heteroatoms. The topological polar surface area (TPSA) is 105 Å². The lowest BCUT2D eigenvalue weighted by atomic mass is 9.97. The van der Waals surface area contributed by atoms with E-state index in [1.165, 1.54) is 22.8 Å². The minimum Gasteiger partial charge on any atom is -0.453 e. The van der Waals surface area contributed by atoms with Gasteiger partial charge in [-0.25, -0.2) is 13.2 Å². The molecule has 0 spiro atoms. The molecule has 0 atom stereocenters. The fourth-order valence-corrected chi connectivity index (χ4v) is 5.56. The molecule has 0 radical (unpaired) electrons. The summed E-state index contributed by atoms with van der Waals surface area (Å²) in [6.07, 6.45) is 0.373. The minimum atomic E-state index is -3.47. The van der Waals surface area contributed by atoms with Crippen molar-refractivity contribution < 1.29 is 22.7 Å². The van der Waals surface area contributed by atoms with E-state index in [4.69, 9.17) is 0 Å². The van der Waals surface area contributed by atoms with Gasteiger partial charge in [0.25, 0.3) is 10.0 Å². The maximum atomic E-state index is 12.5. The number of hydrogen-bond acceptors (Lipinski definition) is 6. The molecule has 3 rings (SSSR count). The van der Waals surface area contributed by atoms with E-state index >= 15 is 0 Å². The number of nitrogens with zero attached hydrogens (tertiary/aromatic N) is 1. The summed E-state index contributed by atoms with van der Waals surface area (Å²) in [6.45, 7) is 0.639. The first-order valence-corrected chi connectivity index (χ1v) is 11.0. The van der Waals surface area contributed by atoms with Crippen LogP contribution in [-0.4, -0.2) is 44.9 Å². The Morgan fingerprint density at radius 1 is 1.07 bits per heavy atom. The van der Waals surface area contributed by atoms with Crippen LogP contribution in [0.2, 0.25) is 0 Å². The lowest BCUT2D eigenvalue weighted by Crippen LogP contribution is -2.41. The average Bonchev–Trinajstić information content (AvgIpc) is 3.25. The summed E-state index contributed by atoms with van der Waals surface area (Å²) in [4.78, 5) is 23.7. The zero-order valence-corrected chi connectivity index (χ0v) is 16.9. The van der Waals surface area contributed by atoms with Gasteiger partial charge in [0.15, 0.2) is 0 Å². The number of anilines is 2. The molecule has 2 N–H and O–H groups in total. The van der Waals surface area contributed by atoms with Gasteiger partial charge in [-0.2, -0.15) is 4.31 Å². The number of nitrogens with one attached hydrogen (secondary N) is 2. The maximum absolute atomic E-state index is 12.5. The lowest BCUT2D eigenvalue weighted by molar-refractivity contribution is -0.120. The van der Waals surface area contributed by atoms with Gasteiger partial charge in [0, 0.05) is 30.4 Å². The molecule has 1 aromatic carbocycles. The molecule has 1 aliphatic rings. The maximum Gasteiger partial charge on any atom is 0.411 e. The van der Waals surface area contributed by atoms with Crippen LogP contribution in [0.3, 0.4) is 0 Å². The van der Waals surface area contributed by atoms with E-state index < -0.39 is 16.1 Å². The van der Waals surface area contributed by atoms with Crippen molar-refractivity contribution in [2.75, 3.05) is 30.8 Å². The van der Waals surface area contributed by atoms with Gasteiger partial charge in [0.2, 0.25) is 5.91 Å². The van der Waals surface area contributed by atoms with Crippen molar-refractivity contribution in [2.45, 2.75) is 17.1 Å². The molecule has 0 saturated carbocycles. The van der Waals surface area contributed by atoms with Crippen molar-refractivity contribution in [3.8, 4) is 0 Å². The number of carbonyl (C=O) groups excluding carboxylic acids is 2. The van der Waals surface area contributed by atoms with E-state index in [0.29, 0.717) is 41.5 Å². The second kappa shape index (κ2) is 8.72. The monoisotopic (exact) mass is 423 g/mol. The summed E-state index contributed by atoms with van der Waals surface area (Å²) >= 11 is 1.20. The molecule has 28 heavy (non-hydrogen) atoms. The Kier molecular flexibility index (Phi) is 6.32. The second-order valence-corrected chi connectivity index (χ2v) is 9.41. The van der Waals surface area contributed by atoms with E-state index in [0.717, 1.165) is 0 Å². The first kappa shape index (κ1) is 20.3. The van der Waals surface area contributed by atoms with Crippen LogP contribution in [0.4, 0.5) is 16.2 Å². The van der Waals surface area contributed by atoms with Crippen LogP contribution < -0.4 is 10.6 Å². The van der Waals surface area contributed by atoms with Crippen molar-refractivity contribution in [1.82, 2.24) is 4.31 Å². The van der Waals surface area contributed by atoms with Crippen molar-refractivity contribution in [3.05, 3.63) is 41.8 Å². The Morgan fingerprint density at radius 3 is 2.21 bits per heavy atom. The number of methoxy groups -OCH3 is 1. The molecule has 0 aliphatic carbocycles.